The molecule has 1 saturated heterocycles. The lowest BCUT2D eigenvalue weighted by Crippen LogP contribution is -2.28. The fourth-order valence-corrected chi connectivity index (χ4v) is 4.58. The fraction of sp³-hybridized carbons (Fsp3) is 0.360. The van der Waals surface area contributed by atoms with Crippen LogP contribution in [-0.2, 0) is 9.47 Å². The zero-order chi connectivity index (χ0) is 24.5. The van der Waals surface area contributed by atoms with Crippen LogP contribution in [0.4, 0.5) is 20.7 Å². The molecule has 3 N–H and O–H groups in total. The van der Waals surface area contributed by atoms with Gasteiger partial charge >= 0.3 is 6.09 Å². The maximum atomic E-state index is 15.4. The van der Waals surface area contributed by atoms with Crippen molar-refractivity contribution in [2.24, 2.45) is 0 Å². The lowest BCUT2D eigenvalue weighted by molar-refractivity contribution is 0.00590. The van der Waals surface area contributed by atoms with E-state index in [4.69, 9.17) is 19.9 Å². The van der Waals surface area contributed by atoms with Crippen molar-refractivity contribution >= 4 is 28.4 Å². The number of hydrogen-bond acceptors (Lipinski definition) is 8. The van der Waals surface area contributed by atoms with E-state index in [0.717, 1.165) is 0 Å². The molecule has 5 rings (SSSR count). The first-order valence-electron chi connectivity index (χ1n) is 11.4. The van der Waals surface area contributed by atoms with E-state index in [-0.39, 0.29) is 29.1 Å². The van der Waals surface area contributed by atoms with Gasteiger partial charge in [0.25, 0.3) is 0 Å². The molecule has 0 bridgehead atoms. The van der Waals surface area contributed by atoms with Crippen molar-refractivity contribution in [2.45, 2.75) is 38.2 Å². The number of rotatable bonds is 3. The van der Waals surface area contributed by atoms with Crippen LogP contribution in [-0.4, -0.2) is 42.0 Å². The van der Waals surface area contributed by atoms with Gasteiger partial charge in [-0.3, -0.25) is 5.32 Å². The fourth-order valence-electron chi connectivity index (χ4n) is 4.58. The number of carbonyl (C=O) groups is 1. The van der Waals surface area contributed by atoms with E-state index in [9.17, 15) is 10.1 Å². The smallest absolute Gasteiger partial charge is 0.413 e. The lowest BCUT2D eigenvalue weighted by Gasteiger charge is -2.24. The SMILES string of the molecule is Cc1c(-c2cc3cc(NC(=O)OC4CCOCC4)ncc3c(N)c2F)cnc2c1C(C#N)CCO2. The molecule has 2 aliphatic heterocycles. The number of nitrogens with zero attached hydrogens (tertiary/aromatic N) is 3. The standard InChI is InChI=1S/C25H24FN5O4/c1-13-18(11-30-24-21(13)14(10-27)2-7-34-24)17-8-15-9-20(29-12-19(15)23(28)22(17)26)31-25(32)35-16-3-5-33-6-4-16/h8-9,11-12,14,16H,2-7,28H2,1H3,(H,29,31,32). The third-order valence-electron chi connectivity index (χ3n) is 6.46. The predicted molar refractivity (Wildman–Crippen MR) is 126 cm³/mol. The third-order valence-corrected chi connectivity index (χ3v) is 6.46. The monoisotopic (exact) mass is 477 g/mol. The Kier molecular flexibility index (Phi) is 6.09. The van der Waals surface area contributed by atoms with Crippen molar-refractivity contribution < 1.29 is 23.4 Å². The summed E-state index contributed by atoms with van der Waals surface area (Å²) in [6, 6.07) is 5.54. The Bertz CT molecular complexity index is 1350. The molecule has 0 aliphatic carbocycles. The second kappa shape index (κ2) is 9.35. The number of amides is 1. The number of nitriles is 1. The minimum atomic E-state index is -0.615. The van der Waals surface area contributed by atoms with Gasteiger partial charge in [0, 0.05) is 53.7 Å². The lowest BCUT2D eigenvalue weighted by atomic mass is 9.88. The van der Waals surface area contributed by atoms with Crippen molar-refractivity contribution in [2.75, 3.05) is 30.9 Å². The molecule has 2 aliphatic rings. The number of nitrogens with two attached hydrogens (primary N) is 1. The maximum absolute atomic E-state index is 15.4. The molecule has 9 nitrogen and oxygen atoms in total. The Morgan fingerprint density at radius 1 is 1.20 bits per heavy atom. The van der Waals surface area contributed by atoms with Crippen LogP contribution in [0.1, 0.15) is 36.3 Å². The van der Waals surface area contributed by atoms with Gasteiger partial charge in [0.15, 0.2) is 5.82 Å². The molecule has 2 aromatic heterocycles. The van der Waals surface area contributed by atoms with Gasteiger partial charge in [0.2, 0.25) is 5.88 Å². The number of nitrogen functional groups attached to an aromatic ring is 1. The highest BCUT2D eigenvalue weighted by atomic mass is 19.1. The molecule has 1 unspecified atom stereocenters. The van der Waals surface area contributed by atoms with E-state index >= 15 is 4.39 Å². The summed E-state index contributed by atoms with van der Waals surface area (Å²) in [5, 5.41) is 13.2. The second-order valence-electron chi connectivity index (χ2n) is 8.62. The first-order chi connectivity index (χ1) is 17.0. The van der Waals surface area contributed by atoms with Gasteiger partial charge in [0.05, 0.1) is 37.5 Å². The van der Waals surface area contributed by atoms with Crippen molar-refractivity contribution in [3.8, 4) is 23.1 Å². The van der Waals surface area contributed by atoms with Crippen LogP contribution in [0, 0.1) is 24.1 Å². The van der Waals surface area contributed by atoms with Crippen molar-refractivity contribution in [1.29, 1.82) is 5.26 Å². The number of fused-ring (bicyclic) bond motifs is 2. The molecular formula is C25H24FN5O4. The highest BCUT2D eigenvalue weighted by Gasteiger charge is 2.27. The van der Waals surface area contributed by atoms with Crippen molar-refractivity contribution in [3.63, 3.8) is 0 Å². The molecule has 35 heavy (non-hydrogen) atoms. The van der Waals surface area contributed by atoms with E-state index in [0.29, 0.717) is 72.4 Å². The van der Waals surface area contributed by atoms with Gasteiger partial charge in [-0.2, -0.15) is 5.26 Å². The van der Waals surface area contributed by atoms with Crippen LogP contribution in [0.25, 0.3) is 21.9 Å². The third kappa shape index (κ3) is 4.31. The first kappa shape index (κ1) is 22.8. The second-order valence-corrected chi connectivity index (χ2v) is 8.62. The summed E-state index contributed by atoms with van der Waals surface area (Å²) in [4.78, 5) is 20.9. The summed E-state index contributed by atoms with van der Waals surface area (Å²) in [6.07, 6.45) is 3.95. The summed E-state index contributed by atoms with van der Waals surface area (Å²) >= 11 is 0. The van der Waals surface area contributed by atoms with Gasteiger partial charge in [-0.05, 0) is 30.0 Å². The normalized spacial score (nSPS) is 17.8. The van der Waals surface area contributed by atoms with E-state index < -0.39 is 11.9 Å². The van der Waals surface area contributed by atoms with E-state index in [1.807, 2.05) is 6.92 Å². The van der Waals surface area contributed by atoms with Gasteiger partial charge in [-0.15, -0.1) is 0 Å². The summed E-state index contributed by atoms with van der Waals surface area (Å²) in [6.45, 7) is 3.34. The summed E-state index contributed by atoms with van der Waals surface area (Å²) in [7, 11) is 0. The predicted octanol–water partition coefficient (Wildman–Crippen LogP) is 4.44. The van der Waals surface area contributed by atoms with Crippen LogP contribution in [0.5, 0.6) is 5.88 Å². The number of carbonyl (C=O) groups excluding carboxylic acids is 1. The molecule has 180 valence electrons. The van der Waals surface area contributed by atoms with Crippen LogP contribution < -0.4 is 15.8 Å². The number of ether oxygens (including phenoxy) is 3. The minimum absolute atomic E-state index is 0.0634. The number of benzene rings is 1. The number of anilines is 2. The average Bonchev–Trinajstić information content (AvgIpc) is 2.87. The molecule has 10 heteroatoms. The number of pyridine rings is 2. The Morgan fingerprint density at radius 3 is 2.77 bits per heavy atom. The quantitative estimate of drug-likeness (QED) is 0.529. The molecule has 3 aromatic rings. The molecule has 1 atom stereocenters. The van der Waals surface area contributed by atoms with Gasteiger partial charge in [-0.25, -0.2) is 19.2 Å². The van der Waals surface area contributed by atoms with Gasteiger partial charge in [-0.1, -0.05) is 0 Å². The molecule has 0 saturated carbocycles. The Hall–Kier alpha value is -3.97. The summed E-state index contributed by atoms with van der Waals surface area (Å²) in [5.74, 6) is -0.329. The maximum Gasteiger partial charge on any atom is 0.413 e. The van der Waals surface area contributed by atoms with Crippen LogP contribution >= 0.6 is 0 Å². The van der Waals surface area contributed by atoms with Crippen molar-refractivity contribution in [1.82, 2.24) is 9.97 Å². The molecule has 0 radical (unpaired) electrons. The number of halogens is 1. The summed E-state index contributed by atoms with van der Waals surface area (Å²) in [5.41, 5.74) is 8.22. The van der Waals surface area contributed by atoms with E-state index in [1.165, 1.54) is 12.4 Å². The van der Waals surface area contributed by atoms with Crippen LogP contribution in [0.15, 0.2) is 24.5 Å². The number of hydrogen-bond donors (Lipinski definition) is 2. The molecule has 4 heterocycles. The zero-order valence-electron chi connectivity index (χ0n) is 19.1. The Morgan fingerprint density at radius 2 is 2.00 bits per heavy atom. The van der Waals surface area contributed by atoms with Crippen LogP contribution in [0.2, 0.25) is 0 Å². The number of nitrogens with one attached hydrogen (secondary N) is 1. The average molecular weight is 477 g/mol. The minimum Gasteiger partial charge on any atom is -0.477 e. The molecule has 1 amide bonds. The molecule has 1 aromatic carbocycles. The molecule has 0 spiro atoms. The topological polar surface area (TPSA) is 132 Å². The van der Waals surface area contributed by atoms with Crippen molar-refractivity contribution in [3.05, 3.63) is 41.5 Å². The Balaban J connectivity index is 1.50. The first-order valence-corrected chi connectivity index (χ1v) is 11.4. The molecule has 1 fully saturated rings. The van der Waals surface area contributed by atoms with Gasteiger partial charge < -0.3 is 19.9 Å². The van der Waals surface area contributed by atoms with E-state index in [2.05, 4.69) is 21.4 Å². The van der Waals surface area contributed by atoms with Gasteiger partial charge in [0.1, 0.15) is 11.9 Å². The number of aromatic nitrogens is 2. The Labute approximate surface area is 201 Å². The highest BCUT2D eigenvalue weighted by molar-refractivity contribution is 5.99. The molecular weight excluding hydrogens is 453 g/mol. The van der Waals surface area contributed by atoms with Crippen LogP contribution in [0.3, 0.4) is 0 Å². The summed E-state index contributed by atoms with van der Waals surface area (Å²) < 4.78 is 31.7. The largest absolute Gasteiger partial charge is 0.477 e. The van der Waals surface area contributed by atoms with E-state index in [1.54, 1.807) is 12.1 Å². The highest BCUT2D eigenvalue weighted by Crippen LogP contribution is 2.41. The zero-order valence-corrected chi connectivity index (χ0v) is 19.1.